The Kier molecular flexibility index (Phi) is 6.58. The van der Waals surface area contributed by atoms with E-state index in [-0.39, 0.29) is 30.7 Å². The molecule has 0 spiro atoms. The molecular formula is C28H27N3O5. The summed E-state index contributed by atoms with van der Waals surface area (Å²) in [7, 11) is 0. The van der Waals surface area contributed by atoms with Crippen LogP contribution in [0.4, 0.5) is 11.4 Å². The number of aryl methyl sites for hydroxylation is 1. The van der Waals surface area contributed by atoms with Crippen molar-refractivity contribution in [2.75, 3.05) is 30.0 Å². The van der Waals surface area contributed by atoms with E-state index in [0.29, 0.717) is 48.2 Å². The Morgan fingerprint density at radius 1 is 0.972 bits per heavy atom. The van der Waals surface area contributed by atoms with Crippen LogP contribution in [0.5, 0.6) is 11.5 Å². The lowest BCUT2D eigenvalue weighted by Crippen LogP contribution is -2.29. The Labute approximate surface area is 209 Å². The molecule has 0 bridgehead atoms. The first kappa shape index (κ1) is 23.4. The summed E-state index contributed by atoms with van der Waals surface area (Å²) in [6.45, 7) is 3.57. The van der Waals surface area contributed by atoms with Crippen LogP contribution in [0.3, 0.4) is 0 Å². The van der Waals surface area contributed by atoms with Crippen LogP contribution in [0.2, 0.25) is 0 Å². The number of para-hydroxylation sites is 1. The van der Waals surface area contributed by atoms with Crippen molar-refractivity contribution in [3.05, 3.63) is 83.4 Å². The van der Waals surface area contributed by atoms with Crippen molar-refractivity contribution < 1.29 is 23.9 Å². The molecule has 36 heavy (non-hydrogen) atoms. The van der Waals surface area contributed by atoms with E-state index in [1.165, 1.54) is 0 Å². The number of rotatable bonds is 6. The van der Waals surface area contributed by atoms with E-state index in [1.807, 2.05) is 31.2 Å². The second-order valence-electron chi connectivity index (χ2n) is 8.94. The minimum Gasteiger partial charge on any atom is -0.486 e. The number of anilines is 2. The molecular weight excluding hydrogens is 458 g/mol. The lowest BCUT2D eigenvalue weighted by atomic mass is 10.1. The fourth-order valence-electron chi connectivity index (χ4n) is 4.34. The fraction of sp³-hybridized carbons (Fsp3) is 0.250. The van der Waals surface area contributed by atoms with Gasteiger partial charge in [-0.2, -0.15) is 0 Å². The third-order valence-electron chi connectivity index (χ3n) is 6.34. The van der Waals surface area contributed by atoms with E-state index in [1.54, 1.807) is 47.4 Å². The lowest BCUT2D eigenvalue weighted by molar-refractivity contribution is -0.122. The number of carbonyl (C=O) groups excluding carboxylic acids is 3. The van der Waals surface area contributed by atoms with Crippen molar-refractivity contribution in [2.45, 2.75) is 19.9 Å². The minimum atomic E-state index is -0.547. The van der Waals surface area contributed by atoms with Crippen LogP contribution < -0.4 is 25.0 Å². The maximum absolute atomic E-state index is 13.1. The van der Waals surface area contributed by atoms with Gasteiger partial charge in [-0.15, -0.1) is 0 Å². The third kappa shape index (κ3) is 5.02. The molecule has 2 heterocycles. The monoisotopic (exact) mass is 485 g/mol. The predicted octanol–water partition coefficient (Wildman–Crippen LogP) is 3.69. The Hall–Kier alpha value is -4.33. The summed E-state index contributed by atoms with van der Waals surface area (Å²) in [5.41, 5.74) is 3.57. The molecule has 2 aliphatic rings. The van der Waals surface area contributed by atoms with Crippen LogP contribution in [0, 0.1) is 12.8 Å². The van der Waals surface area contributed by atoms with Gasteiger partial charge < -0.3 is 25.0 Å². The standard InChI is InChI=1S/C28H27N3O5/c1-18-6-8-19(9-7-18)16-29-28(34)22-4-2-3-5-23(22)30-27(33)20-14-26(32)31(17-20)21-10-11-24-25(15-21)36-13-12-35-24/h2-11,15,20H,12-14,16-17H2,1H3,(H,29,34)(H,30,33). The molecule has 0 radical (unpaired) electrons. The van der Waals surface area contributed by atoms with Crippen molar-refractivity contribution in [3.8, 4) is 11.5 Å². The smallest absolute Gasteiger partial charge is 0.253 e. The molecule has 1 saturated heterocycles. The highest BCUT2D eigenvalue weighted by Gasteiger charge is 2.36. The first-order valence-electron chi connectivity index (χ1n) is 11.9. The SMILES string of the molecule is Cc1ccc(CNC(=O)c2ccccc2NC(=O)C2CC(=O)N(c3ccc4c(c3)OCCO4)C2)cc1. The van der Waals surface area contributed by atoms with Crippen LogP contribution in [0.15, 0.2) is 66.7 Å². The minimum absolute atomic E-state index is 0.0854. The molecule has 5 rings (SSSR count). The number of nitrogens with one attached hydrogen (secondary N) is 2. The van der Waals surface area contributed by atoms with Gasteiger partial charge in [-0.05, 0) is 36.8 Å². The quantitative estimate of drug-likeness (QED) is 0.555. The van der Waals surface area contributed by atoms with Crippen molar-refractivity contribution in [2.24, 2.45) is 5.92 Å². The number of fused-ring (bicyclic) bond motifs is 1. The highest BCUT2D eigenvalue weighted by atomic mass is 16.6. The van der Waals surface area contributed by atoms with Gasteiger partial charge >= 0.3 is 0 Å². The maximum atomic E-state index is 13.1. The Balaban J connectivity index is 1.24. The second-order valence-corrected chi connectivity index (χ2v) is 8.94. The highest BCUT2D eigenvalue weighted by Crippen LogP contribution is 2.36. The van der Waals surface area contributed by atoms with Gasteiger partial charge in [-0.25, -0.2) is 0 Å². The summed E-state index contributed by atoms with van der Waals surface area (Å²) in [4.78, 5) is 40.3. The molecule has 184 valence electrons. The first-order valence-corrected chi connectivity index (χ1v) is 11.9. The average Bonchev–Trinajstić information content (AvgIpc) is 3.30. The lowest BCUT2D eigenvalue weighted by Gasteiger charge is -2.22. The van der Waals surface area contributed by atoms with E-state index >= 15 is 0 Å². The highest BCUT2D eigenvalue weighted by molar-refractivity contribution is 6.07. The second kappa shape index (κ2) is 10.1. The Morgan fingerprint density at radius 3 is 2.53 bits per heavy atom. The number of amides is 3. The molecule has 3 aromatic carbocycles. The van der Waals surface area contributed by atoms with Crippen LogP contribution in [-0.2, 0) is 16.1 Å². The molecule has 0 saturated carbocycles. The normalized spacial score (nSPS) is 16.5. The molecule has 1 atom stereocenters. The van der Waals surface area contributed by atoms with Crippen molar-refractivity contribution >= 4 is 29.1 Å². The molecule has 8 heteroatoms. The summed E-state index contributed by atoms with van der Waals surface area (Å²) < 4.78 is 11.2. The van der Waals surface area contributed by atoms with Crippen LogP contribution in [0.1, 0.15) is 27.9 Å². The molecule has 2 N–H and O–H groups in total. The number of carbonyl (C=O) groups is 3. The summed E-state index contributed by atoms with van der Waals surface area (Å²) in [6, 6.07) is 20.1. The third-order valence-corrected chi connectivity index (χ3v) is 6.34. The topological polar surface area (TPSA) is 97.0 Å². The zero-order valence-electron chi connectivity index (χ0n) is 20.0. The van der Waals surface area contributed by atoms with Gasteiger partial charge in [0.1, 0.15) is 13.2 Å². The molecule has 3 amide bonds. The van der Waals surface area contributed by atoms with Gasteiger partial charge in [-0.1, -0.05) is 42.0 Å². The van der Waals surface area contributed by atoms with Gasteiger partial charge in [0.25, 0.3) is 5.91 Å². The molecule has 3 aromatic rings. The molecule has 0 aliphatic carbocycles. The van der Waals surface area contributed by atoms with E-state index in [0.717, 1.165) is 11.1 Å². The number of benzene rings is 3. The van der Waals surface area contributed by atoms with Gasteiger partial charge in [0.2, 0.25) is 11.8 Å². The number of hydrogen-bond donors (Lipinski definition) is 2. The summed E-state index contributed by atoms with van der Waals surface area (Å²) in [5.74, 6) is -0.0485. The Bertz CT molecular complexity index is 1300. The van der Waals surface area contributed by atoms with Crippen molar-refractivity contribution in [1.82, 2.24) is 5.32 Å². The number of ether oxygens (including phenoxy) is 2. The van der Waals surface area contributed by atoms with Crippen molar-refractivity contribution in [3.63, 3.8) is 0 Å². The predicted molar refractivity (Wildman–Crippen MR) is 135 cm³/mol. The van der Waals surface area contributed by atoms with Crippen LogP contribution in [0.25, 0.3) is 0 Å². The maximum Gasteiger partial charge on any atom is 0.253 e. The molecule has 1 fully saturated rings. The van der Waals surface area contributed by atoms with Crippen LogP contribution >= 0.6 is 0 Å². The van der Waals surface area contributed by atoms with Gasteiger partial charge in [0, 0.05) is 31.3 Å². The van der Waals surface area contributed by atoms with Crippen molar-refractivity contribution in [1.29, 1.82) is 0 Å². The Morgan fingerprint density at radius 2 is 1.72 bits per heavy atom. The van der Waals surface area contributed by atoms with Crippen LogP contribution in [-0.4, -0.2) is 37.5 Å². The van der Waals surface area contributed by atoms with Gasteiger partial charge in [0.05, 0.1) is 17.2 Å². The molecule has 8 nitrogen and oxygen atoms in total. The average molecular weight is 486 g/mol. The molecule has 0 aromatic heterocycles. The van der Waals surface area contributed by atoms with E-state index in [2.05, 4.69) is 10.6 Å². The molecule has 1 unspecified atom stereocenters. The fourth-order valence-corrected chi connectivity index (χ4v) is 4.34. The zero-order chi connectivity index (χ0) is 25.1. The zero-order valence-corrected chi connectivity index (χ0v) is 20.0. The number of hydrogen-bond acceptors (Lipinski definition) is 5. The van der Waals surface area contributed by atoms with E-state index in [9.17, 15) is 14.4 Å². The largest absolute Gasteiger partial charge is 0.486 e. The summed E-state index contributed by atoms with van der Waals surface area (Å²) in [6.07, 6.45) is 0.0854. The number of nitrogens with zero attached hydrogens (tertiary/aromatic N) is 1. The first-order chi connectivity index (χ1) is 17.5. The van der Waals surface area contributed by atoms with E-state index in [4.69, 9.17) is 9.47 Å². The van der Waals surface area contributed by atoms with E-state index < -0.39 is 5.92 Å². The van der Waals surface area contributed by atoms with Gasteiger partial charge in [-0.3, -0.25) is 14.4 Å². The summed E-state index contributed by atoms with van der Waals surface area (Å²) >= 11 is 0. The summed E-state index contributed by atoms with van der Waals surface area (Å²) in [5, 5.41) is 5.76. The molecule has 2 aliphatic heterocycles. The van der Waals surface area contributed by atoms with Gasteiger partial charge in [0.15, 0.2) is 11.5 Å².